The van der Waals surface area contributed by atoms with Gasteiger partial charge in [-0.3, -0.25) is 14.9 Å². The first-order chi connectivity index (χ1) is 9.97. The number of benzene rings is 1. The smallest absolute Gasteiger partial charge is 0.270 e. The highest BCUT2D eigenvalue weighted by atomic mass is 16.6. The molecule has 0 saturated carbocycles. The number of aliphatic hydroxyl groups is 1. The standard InChI is InChI=1S/C14H20N2O5/c1-3-4-10(2)15-14(18)9-21-13-6-5-12(16(19)20)7-11(13)8-17/h5-7,10,17H,3-4,8-9H2,1-2H3,(H,15,18). The first-order valence-corrected chi connectivity index (χ1v) is 6.78. The number of amides is 1. The maximum Gasteiger partial charge on any atom is 0.270 e. The molecule has 1 atom stereocenters. The first kappa shape index (κ1) is 16.9. The number of aliphatic hydroxyl groups excluding tert-OH is 1. The van der Waals surface area contributed by atoms with E-state index < -0.39 is 11.5 Å². The highest BCUT2D eigenvalue weighted by Gasteiger charge is 2.13. The fourth-order valence-corrected chi connectivity index (χ4v) is 1.91. The average molecular weight is 296 g/mol. The number of nitro benzene ring substituents is 1. The van der Waals surface area contributed by atoms with Crippen molar-refractivity contribution in [3.63, 3.8) is 0 Å². The molecule has 7 heteroatoms. The summed E-state index contributed by atoms with van der Waals surface area (Å²) in [5.41, 5.74) is 0.144. The van der Waals surface area contributed by atoms with E-state index in [1.165, 1.54) is 18.2 Å². The minimum absolute atomic E-state index is 0.0697. The van der Waals surface area contributed by atoms with Crippen LogP contribution in [0.15, 0.2) is 18.2 Å². The van der Waals surface area contributed by atoms with Crippen LogP contribution in [-0.2, 0) is 11.4 Å². The molecule has 0 heterocycles. The van der Waals surface area contributed by atoms with Gasteiger partial charge in [-0.2, -0.15) is 0 Å². The normalized spacial score (nSPS) is 11.8. The Hall–Kier alpha value is -2.15. The summed E-state index contributed by atoms with van der Waals surface area (Å²) in [7, 11) is 0. The van der Waals surface area contributed by atoms with Crippen molar-refractivity contribution in [2.75, 3.05) is 6.61 Å². The van der Waals surface area contributed by atoms with Gasteiger partial charge in [0.25, 0.3) is 11.6 Å². The zero-order valence-electron chi connectivity index (χ0n) is 12.2. The molecule has 0 fully saturated rings. The number of non-ortho nitro benzene ring substituents is 1. The highest BCUT2D eigenvalue weighted by molar-refractivity contribution is 5.77. The lowest BCUT2D eigenvalue weighted by Crippen LogP contribution is -2.36. The number of nitrogens with one attached hydrogen (secondary N) is 1. The Labute approximate surface area is 123 Å². The third-order valence-corrected chi connectivity index (χ3v) is 2.91. The summed E-state index contributed by atoms with van der Waals surface area (Å²) in [4.78, 5) is 21.8. The van der Waals surface area contributed by atoms with E-state index in [0.717, 1.165) is 12.8 Å². The molecule has 1 rings (SSSR count). The summed E-state index contributed by atoms with van der Waals surface area (Å²) in [5.74, 6) is -0.000382. The molecule has 116 valence electrons. The second-order valence-corrected chi connectivity index (χ2v) is 4.75. The Morgan fingerprint density at radius 3 is 2.81 bits per heavy atom. The van der Waals surface area contributed by atoms with E-state index in [1.54, 1.807) is 0 Å². The molecule has 2 N–H and O–H groups in total. The Bertz CT molecular complexity index is 504. The second kappa shape index (κ2) is 8.21. The van der Waals surface area contributed by atoms with Crippen LogP contribution < -0.4 is 10.1 Å². The average Bonchev–Trinajstić information content (AvgIpc) is 2.44. The third-order valence-electron chi connectivity index (χ3n) is 2.91. The Balaban J connectivity index is 2.62. The van der Waals surface area contributed by atoms with Gasteiger partial charge in [-0.1, -0.05) is 13.3 Å². The zero-order valence-corrected chi connectivity index (χ0v) is 12.2. The third kappa shape index (κ3) is 5.39. The van der Waals surface area contributed by atoms with Gasteiger partial charge in [0.05, 0.1) is 11.5 Å². The minimum atomic E-state index is -0.553. The number of rotatable bonds is 8. The topological polar surface area (TPSA) is 102 Å². The molecule has 0 aromatic heterocycles. The molecular weight excluding hydrogens is 276 g/mol. The van der Waals surface area contributed by atoms with Crippen molar-refractivity contribution in [1.82, 2.24) is 5.32 Å². The predicted octanol–water partition coefficient (Wildman–Crippen LogP) is 1.77. The zero-order chi connectivity index (χ0) is 15.8. The molecular formula is C14H20N2O5. The lowest BCUT2D eigenvalue weighted by molar-refractivity contribution is -0.385. The van der Waals surface area contributed by atoms with Gasteiger partial charge in [-0.25, -0.2) is 0 Å². The fraction of sp³-hybridized carbons (Fsp3) is 0.500. The Morgan fingerprint density at radius 2 is 2.24 bits per heavy atom. The molecule has 0 aliphatic heterocycles. The number of carbonyl (C=O) groups is 1. The van der Waals surface area contributed by atoms with Crippen molar-refractivity contribution in [1.29, 1.82) is 0 Å². The van der Waals surface area contributed by atoms with Crippen molar-refractivity contribution in [2.45, 2.75) is 39.3 Å². The SMILES string of the molecule is CCCC(C)NC(=O)COc1ccc([N+](=O)[O-])cc1CO. The first-order valence-electron chi connectivity index (χ1n) is 6.78. The summed E-state index contributed by atoms with van der Waals surface area (Å²) in [6.45, 7) is 3.35. The van der Waals surface area contributed by atoms with Crippen molar-refractivity contribution in [2.24, 2.45) is 0 Å². The van der Waals surface area contributed by atoms with Gasteiger partial charge >= 0.3 is 0 Å². The number of hydrogen-bond acceptors (Lipinski definition) is 5. The van der Waals surface area contributed by atoms with Crippen LogP contribution in [0.2, 0.25) is 0 Å². The summed E-state index contributed by atoms with van der Waals surface area (Å²) in [6.07, 6.45) is 1.85. The maximum absolute atomic E-state index is 11.7. The monoisotopic (exact) mass is 296 g/mol. The molecule has 0 radical (unpaired) electrons. The fourth-order valence-electron chi connectivity index (χ4n) is 1.91. The summed E-state index contributed by atoms with van der Waals surface area (Å²) >= 11 is 0. The lowest BCUT2D eigenvalue weighted by atomic mass is 10.2. The van der Waals surface area contributed by atoms with Gasteiger partial charge in [-0.15, -0.1) is 0 Å². The van der Waals surface area contributed by atoms with Gasteiger partial charge in [0.15, 0.2) is 6.61 Å². The number of carbonyl (C=O) groups excluding carboxylic acids is 1. The van der Waals surface area contributed by atoms with Crippen LogP contribution in [0.4, 0.5) is 5.69 Å². The quantitative estimate of drug-likeness (QED) is 0.562. The summed E-state index contributed by atoms with van der Waals surface area (Å²) < 4.78 is 5.31. The van der Waals surface area contributed by atoms with Crippen LogP contribution in [0, 0.1) is 10.1 Å². The predicted molar refractivity (Wildman–Crippen MR) is 77.0 cm³/mol. The van der Waals surface area contributed by atoms with Crippen LogP contribution in [0.3, 0.4) is 0 Å². The lowest BCUT2D eigenvalue weighted by Gasteiger charge is -2.14. The van der Waals surface area contributed by atoms with E-state index in [1.807, 2.05) is 13.8 Å². The van der Waals surface area contributed by atoms with Gasteiger partial charge in [0.2, 0.25) is 0 Å². The summed E-state index contributed by atoms with van der Waals surface area (Å²) in [6, 6.07) is 3.95. The van der Waals surface area contributed by atoms with Crippen molar-refractivity contribution in [3.05, 3.63) is 33.9 Å². The van der Waals surface area contributed by atoms with Crippen molar-refractivity contribution < 1.29 is 19.6 Å². The van der Waals surface area contributed by atoms with E-state index in [-0.39, 0.29) is 35.6 Å². The molecule has 0 aliphatic rings. The van der Waals surface area contributed by atoms with E-state index in [9.17, 15) is 20.0 Å². The molecule has 0 aliphatic carbocycles. The highest BCUT2D eigenvalue weighted by Crippen LogP contribution is 2.24. The molecule has 1 aromatic carbocycles. The maximum atomic E-state index is 11.7. The Kier molecular flexibility index (Phi) is 6.61. The van der Waals surface area contributed by atoms with Crippen molar-refractivity contribution >= 4 is 11.6 Å². The van der Waals surface area contributed by atoms with Gasteiger partial charge in [0.1, 0.15) is 5.75 Å². The minimum Gasteiger partial charge on any atom is -0.483 e. The molecule has 7 nitrogen and oxygen atoms in total. The molecule has 21 heavy (non-hydrogen) atoms. The molecule has 1 amide bonds. The molecule has 1 aromatic rings. The molecule has 1 unspecified atom stereocenters. The molecule has 0 spiro atoms. The summed E-state index contributed by atoms with van der Waals surface area (Å²) in [5, 5.41) is 22.6. The van der Waals surface area contributed by atoms with E-state index in [2.05, 4.69) is 5.32 Å². The second-order valence-electron chi connectivity index (χ2n) is 4.75. The van der Waals surface area contributed by atoms with Crippen LogP contribution >= 0.6 is 0 Å². The molecule has 0 bridgehead atoms. The van der Waals surface area contributed by atoms with Gasteiger partial charge < -0.3 is 15.2 Å². The van der Waals surface area contributed by atoms with Crippen LogP contribution in [-0.4, -0.2) is 28.6 Å². The number of hydrogen-bond donors (Lipinski definition) is 2. The van der Waals surface area contributed by atoms with E-state index in [4.69, 9.17) is 4.74 Å². The number of ether oxygens (including phenoxy) is 1. The number of nitro groups is 1. The van der Waals surface area contributed by atoms with Crippen LogP contribution in [0.5, 0.6) is 5.75 Å². The molecule has 0 saturated heterocycles. The van der Waals surface area contributed by atoms with E-state index in [0.29, 0.717) is 0 Å². The van der Waals surface area contributed by atoms with Crippen LogP contribution in [0.25, 0.3) is 0 Å². The van der Waals surface area contributed by atoms with Gasteiger partial charge in [0, 0.05) is 23.7 Å². The van der Waals surface area contributed by atoms with Crippen molar-refractivity contribution in [3.8, 4) is 5.75 Å². The largest absolute Gasteiger partial charge is 0.483 e. The van der Waals surface area contributed by atoms with E-state index >= 15 is 0 Å². The number of nitrogens with zero attached hydrogens (tertiary/aromatic N) is 1. The Morgan fingerprint density at radius 1 is 1.52 bits per heavy atom. The van der Waals surface area contributed by atoms with Gasteiger partial charge in [-0.05, 0) is 19.4 Å². The van der Waals surface area contributed by atoms with Crippen LogP contribution in [0.1, 0.15) is 32.3 Å².